The molecule has 0 aliphatic heterocycles. The van der Waals surface area contributed by atoms with E-state index in [4.69, 9.17) is 21.1 Å². The summed E-state index contributed by atoms with van der Waals surface area (Å²) in [7, 11) is 1.48. The number of methoxy groups -OCH3 is 1. The van der Waals surface area contributed by atoms with Crippen LogP contribution in [0.25, 0.3) is 10.9 Å². The van der Waals surface area contributed by atoms with Crippen LogP contribution < -0.4 is 9.47 Å². The molecule has 0 saturated heterocycles. The summed E-state index contributed by atoms with van der Waals surface area (Å²) in [5, 5.41) is 0.935. The fourth-order valence-electron chi connectivity index (χ4n) is 2.00. The maximum Gasteiger partial charge on any atom is 0.343 e. The van der Waals surface area contributed by atoms with Crippen LogP contribution in [0.3, 0.4) is 0 Å². The van der Waals surface area contributed by atoms with Crippen LogP contribution in [-0.4, -0.2) is 23.0 Å². The highest BCUT2D eigenvalue weighted by Crippen LogP contribution is 2.34. The lowest BCUT2D eigenvalue weighted by molar-refractivity contribution is 0.0730. The highest BCUT2D eigenvalue weighted by molar-refractivity contribution is 6.34. The average molecular weight is 315 g/mol. The van der Waals surface area contributed by atoms with E-state index in [1.165, 1.54) is 13.4 Å². The highest BCUT2D eigenvalue weighted by atomic mass is 35.5. The van der Waals surface area contributed by atoms with Gasteiger partial charge in [0.15, 0.2) is 11.5 Å². The molecule has 0 atom stereocenters. The summed E-state index contributed by atoms with van der Waals surface area (Å²) in [6, 6.07) is 12.0. The Labute approximate surface area is 131 Å². The van der Waals surface area contributed by atoms with Gasteiger partial charge in [0, 0.05) is 11.5 Å². The quantitative estimate of drug-likeness (QED) is 0.420. The lowest BCUT2D eigenvalue weighted by atomic mass is 10.2. The third-order valence-electron chi connectivity index (χ3n) is 3.08. The van der Waals surface area contributed by atoms with Gasteiger partial charge in [-0.3, -0.25) is 0 Å². The lowest BCUT2D eigenvalue weighted by Gasteiger charge is -2.10. The van der Waals surface area contributed by atoms with Crippen molar-refractivity contribution in [3.8, 4) is 11.5 Å². The third kappa shape index (κ3) is 2.71. The molecule has 2 aromatic carbocycles. The molecule has 3 aromatic rings. The third-order valence-corrected chi connectivity index (χ3v) is 3.39. The van der Waals surface area contributed by atoms with Gasteiger partial charge < -0.3 is 9.47 Å². The van der Waals surface area contributed by atoms with Crippen molar-refractivity contribution < 1.29 is 14.3 Å². The molecule has 1 heterocycles. The summed E-state index contributed by atoms with van der Waals surface area (Å²) in [5.74, 6) is 0.186. The molecule has 0 aliphatic carbocycles. The van der Waals surface area contributed by atoms with Gasteiger partial charge in [-0.2, -0.15) is 0 Å². The molecule has 0 spiro atoms. The van der Waals surface area contributed by atoms with E-state index in [1.807, 2.05) is 6.07 Å². The number of benzene rings is 2. The minimum absolute atomic E-state index is 0.276. The summed E-state index contributed by atoms with van der Waals surface area (Å²) in [5.41, 5.74) is 1.02. The Bertz CT molecular complexity index is 837. The fraction of sp³-hybridized carbons (Fsp3) is 0.0625. The summed E-state index contributed by atoms with van der Waals surface area (Å²) >= 11 is 6.03. The van der Waals surface area contributed by atoms with Crippen molar-refractivity contribution in [2.24, 2.45) is 0 Å². The van der Waals surface area contributed by atoms with E-state index in [0.29, 0.717) is 27.4 Å². The van der Waals surface area contributed by atoms with Crippen LogP contribution in [0.5, 0.6) is 11.5 Å². The Morgan fingerprint density at radius 1 is 1.09 bits per heavy atom. The van der Waals surface area contributed by atoms with Gasteiger partial charge in [-0.05, 0) is 18.2 Å². The molecular formula is C16H11ClN2O3. The zero-order valence-electron chi connectivity index (χ0n) is 11.6. The van der Waals surface area contributed by atoms with E-state index in [0.717, 1.165) is 0 Å². The average Bonchev–Trinajstić information content (AvgIpc) is 2.55. The second kappa shape index (κ2) is 5.99. The van der Waals surface area contributed by atoms with Crippen LogP contribution in [0.1, 0.15) is 10.4 Å². The molecule has 0 radical (unpaired) electrons. The van der Waals surface area contributed by atoms with Crippen molar-refractivity contribution in [1.82, 2.24) is 9.97 Å². The van der Waals surface area contributed by atoms with Crippen LogP contribution in [0.4, 0.5) is 0 Å². The topological polar surface area (TPSA) is 61.3 Å². The highest BCUT2D eigenvalue weighted by Gasteiger charge is 2.15. The second-order valence-electron chi connectivity index (χ2n) is 4.44. The number of carbonyl (C=O) groups excluding carboxylic acids is 1. The number of carbonyl (C=O) groups is 1. The van der Waals surface area contributed by atoms with Gasteiger partial charge in [0.25, 0.3) is 0 Å². The van der Waals surface area contributed by atoms with Crippen LogP contribution in [0.2, 0.25) is 5.15 Å². The first-order valence-electron chi connectivity index (χ1n) is 6.44. The van der Waals surface area contributed by atoms with E-state index in [2.05, 4.69) is 9.97 Å². The standard InChI is InChI=1S/C16H11ClN2O3/c1-21-13-7-11-12(18-9-19-15(11)17)8-14(13)22-16(20)10-5-3-2-4-6-10/h2-9H,1H3. The smallest absolute Gasteiger partial charge is 0.343 e. The number of rotatable bonds is 3. The predicted molar refractivity (Wildman–Crippen MR) is 82.5 cm³/mol. The first kappa shape index (κ1) is 14.3. The summed E-state index contributed by atoms with van der Waals surface area (Å²) in [6.07, 6.45) is 1.35. The number of ether oxygens (including phenoxy) is 2. The molecule has 0 unspecified atom stereocenters. The zero-order chi connectivity index (χ0) is 15.5. The molecule has 0 N–H and O–H groups in total. The van der Waals surface area contributed by atoms with Crippen molar-refractivity contribution in [2.45, 2.75) is 0 Å². The first-order valence-corrected chi connectivity index (χ1v) is 6.82. The molecule has 110 valence electrons. The zero-order valence-corrected chi connectivity index (χ0v) is 12.4. The molecule has 0 fully saturated rings. The molecule has 0 saturated carbocycles. The molecule has 0 bridgehead atoms. The Morgan fingerprint density at radius 2 is 1.86 bits per heavy atom. The number of aromatic nitrogens is 2. The molecular weight excluding hydrogens is 304 g/mol. The summed E-state index contributed by atoms with van der Waals surface area (Å²) < 4.78 is 10.7. The van der Waals surface area contributed by atoms with Crippen LogP contribution in [-0.2, 0) is 0 Å². The second-order valence-corrected chi connectivity index (χ2v) is 4.80. The lowest BCUT2D eigenvalue weighted by Crippen LogP contribution is -2.09. The van der Waals surface area contributed by atoms with Gasteiger partial charge in [-0.1, -0.05) is 29.8 Å². The molecule has 6 heteroatoms. The number of hydrogen-bond acceptors (Lipinski definition) is 5. The van der Waals surface area contributed by atoms with Gasteiger partial charge in [0.2, 0.25) is 0 Å². The Kier molecular flexibility index (Phi) is 3.89. The van der Waals surface area contributed by atoms with Crippen molar-refractivity contribution in [3.05, 3.63) is 59.5 Å². The van der Waals surface area contributed by atoms with Crippen molar-refractivity contribution in [1.29, 1.82) is 0 Å². The number of fused-ring (bicyclic) bond motifs is 1. The summed E-state index contributed by atoms with van der Waals surface area (Å²) in [6.45, 7) is 0. The van der Waals surface area contributed by atoms with E-state index < -0.39 is 5.97 Å². The largest absolute Gasteiger partial charge is 0.493 e. The number of nitrogens with zero attached hydrogens (tertiary/aromatic N) is 2. The fourth-order valence-corrected chi connectivity index (χ4v) is 2.20. The molecule has 5 nitrogen and oxygen atoms in total. The van der Waals surface area contributed by atoms with Crippen molar-refractivity contribution in [3.63, 3.8) is 0 Å². The van der Waals surface area contributed by atoms with Gasteiger partial charge in [0.05, 0.1) is 18.2 Å². The van der Waals surface area contributed by atoms with Crippen LogP contribution in [0.15, 0.2) is 48.8 Å². The molecule has 0 aliphatic rings. The maximum absolute atomic E-state index is 12.1. The number of hydrogen-bond donors (Lipinski definition) is 0. The van der Waals surface area contributed by atoms with E-state index in [1.54, 1.807) is 36.4 Å². The Hall–Kier alpha value is -2.66. The Balaban J connectivity index is 2.01. The minimum Gasteiger partial charge on any atom is -0.493 e. The molecule has 3 rings (SSSR count). The van der Waals surface area contributed by atoms with Crippen LogP contribution >= 0.6 is 11.6 Å². The van der Waals surface area contributed by atoms with E-state index >= 15 is 0 Å². The SMILES string of the molecule is COc1cc2c(Cl)ncnc2cc1OC(=O)c1ccccc1. The van der Waals surface area contributed by atoms with Crippen LogP contribution in [0, 0.1) is 0 Å². The van der Waals surface area contributed by atoms with Crippen molar-refractivity contribution in [2.75, 3.05) is 7.11 Å². The van der Waals surface area contributed by atoms with Gasteiger partial charge in [-0.25, -0.2) is 14.8 Å². The normalized spacial score (nSPS) is 10.5. The molecule has 22 heavy (non-hydrogen) atoms. The van der Waals surface area contributed by atoms with Gasteiger partial charge >= 0.3 is 5.97 Å². The van der Waals surface area contributed by atoms with Crippen molar-refractivity contribution >= 4 is 28.5 Å². The predicted octanol–water partition coefficient (Wildman–Crippen LogP) is 3.51. The molecule has 1 aromatic heterocycles. The minimum atomic E-state index is -0.474. The first-order chi connectivity index (χ1) is 10.7. The van der Waals surface area contributed by atoms with E-state index in [9.17, 15) is 4.79 Å². The maximum atomic E-state index is 12.1. The monoisotopic (exact) mass is 314 g/mol. The van der Waals surface area contributed by atoms with E-state index in [-0.39, 0.29) is 5.75 Å². The Morgan fingerprint density at radius 3 is 2.59 bits per heavy atom. The van der Waals surface area contributed by atoms with Gasteiger partial charge in [-0.15, -0.1) is 0 Å². The number of halogens is 1. The number of esters is 1. The molecule has 0 amide bonds. The summed E-state index contributed by atoms with van der Waals surface area (Å²) in [4.78, 5) is 20.2. The van der Waals surface area contributed by atoms with Gasteiger partial charge in [0.1, 0.15) is 11.5 Å².